The third kappa shape index (κ3) is 4.50. The molecule has 188 valence electrons. The molecule has 3 atom stereocenters. The lowest BCUT2D eigenvalue weighted by Gasteiger charge is -2.27. The summed E-state index contributed by atoms with van der Waals surface area (Å²) >= 11 is 1.65. The summed E-state index contributed by atoms with van der Waals surface area (Å²) in [6.45, 7) is 6.52. The predicted molar refractivity (Wildman–Crippen MR) is 137 cm³/mol. The molecule has 5 rings (SSSR count). The first-order chi connectivity index (χ1) is 17.2. The number of hydrogen-bond acceptors (Lipinski definition) is 6. The maximum absolute atomic E-state index is 14.4. The zero-order valence-electron chi connectivity index (χ0n) is 20.7. The maximum atomic E-state index is 14.4. The Labute approximate surface area is 214 Å². The molecular formula is C27H30FN5O2S. The number of benzene rings is 1. The highest BCUT2D eigenvalue weighted by Gasteiger charge is 2.57. The molecule has 0 bridgehead atoms. The molecular weight excluding hydrogens is 477 g/mol. The van der Waals surface area contributed by atoms with Gasteiger partial charge in [-0.25, -0.2) is 4.39 Å². The molecule has 0 spiro atoms. The fourth-order valence-corrected chi connectivity index (χ4v) is 6.42. The Bertz CT molecular complexity index is 1260. The fourth-order valence-electron chi connectivity index (χ4n) is 5.34. The second-order valence-corrected chi connectivity index (χ2v) is 11.4. The average Bonchev–Trinajstić information content (AvgIpc) is 3.56. The highest BCUT2D eigenvalue weighted by Crippen LogP contribution is 2.52. The molecule has 3 N–H and O–H groups in total. The van der Waals surface area contributed by atoms with E-state index in [0.29, 0.717) is 24.2 Å². The van der Waals surface area contributed by atoms with Gasteiger partial charge in [-0.3, -0.25) is 9.59 Å². The van der Waals surface area contributed by atoms with Crippen molar-refractivity contribution in [2.24, 2.45) is 11.3 Å². The Balaban J connectivity index is 1.28. The number of carbonyl (C=O) groups excluding carboxylic acids is 2. The quantitative estimate of drug-likeness (QED) is 0.543. The number of dihydropyridines is 1. The van der Waals surface area contributed by atoms with Gasteiger partial charge >= 0.3 is 0 Å². The van der Waals surface area contributed by atoms with Crippen LogP contribution in [0.2, 0.25) is 0 Å². The van der Waals surface area contributed by atoms with E-state index in [-0.39, 0.29) is 35.5 Å². The molecule has 1 saturated carbocycles. The monoisotopic (exact) mass is 507 g/mol. The van der Waals surface area contributed by atoms with Gasteiger partial charge in [-0.2, -0.15) is 5.26 Å². The number of nitrogens with one attached hydrogen (secondary N) is 3. The number of halogens is 1. The average molecular weight is 508 g/mol. The zero-order chi connectivity index (χ0) is 25.6. The molecule has 4 aliphatic rings. The van der Waals surface area contributed by atoms with Gasteiger partial charge in [0.15, 0.2) is 0 Å². The summed E-state index contributed by atoms with van der Waals surface area (Å²) in [5.74, 6) is -0.636. The van der Waals surface area contributed by atoms with E-state index in [1.165, 1.54) is 12.1 Å². The van der Waals surface area contributed by atoms with Crippen molar-refractivity contribution in [1.82, 2.24) is 20.9 Å². The SMILES string of the molecule is CC1=CC(N2CCC(C#N)(C3CC3)C2=O)=CC(C(=O)NCc2cc(F)cc(C3=C(C)NC(C)S3)c2)N1. The molecule has 1 aromatic rings. The molecule has 1 aliphatic carbocycles. The predicted octanol–water partition coefficient (Wildman–Crippen LogP) is 3.72. The summed E-state index contributed by atoms with van der Waals surface area (Å²) in [6.07, 6.45) is 5.92. The summed E-state index contributed by atoms with van der Waals surface area (Å²) in [4.78, 5) is 28.9. The normalized spacial score (nSPS) is 27.8. The first kappa shape index (κ1) is 24.4. The Kier molecular flexibility index (Phi) is 6.33. The van der Waals surface area contributed by atoms with Crippen molar-refractivity contribution in [3.8, 4) is 6.07 Å². The zero-order valence-corrected chi connectivity index (χ0v) is 21.5. The molecule has 3 heterocycles. The van der Waals surface area contributed by atoms with Crippen molar-refractivity contribution in [3.63, 3.8) is 0 Å². The van der Waals surface area contributed by atoms with Gasteiger partial charge in [-0.1, -0.05) is 11.8 Å². The molecule has 1 saturated heterocycles. The number of thioether (sulfide) groups is 1. The van der Waals surface area contributed by atoms with E-state index < -0.39 is 11.5 Å². The summed E-state index contributed by atoms with van der Waals surface area (Å²) in [7, 11) is 0. The van der Waals surface area contributed by atoms with Crippen LogP contribution in [0.25, 0.3) is 4.91 Å². The van der Waals surface area contributed by atoms with Gasteiger partial charge in [0.2, 0.25) is 11.8 Å². The highest BCUT2D eigenvalue weighted by atomic mass is 32.2. The van der Waals surface area contributed by atoms with Gasteiger partial charge in [-0.05, 0) is 87.4 Å². The van der Waals surface area contributed by atoms with Crippen molar-refractivity contribution >= 4 is 28.5 Å². The third-order valence-corrected chi connectivity index (χ3v) is 8.50. The van der Waals surface area contributed by atoms with E-state index in [0.717, 1.165) is 34.7 Å². The van der Waals surface area contributed by atoms with Crippen LogP contribution < -0.4 is 16.0 Å². The van der Waals surface area contributed by atoms with E-state index in [4.69, 9.17) is 0 Å². The molecule has 36 heavy (non-hydrogen) atoms. The topological polar surface area (TPSA) is 97.3 Å². The molecule has 2 fully saturated rings. The van der Waals surface area contributed by atoms with Crippen molar-refractivity contribution in [1.29, 1.82) is 5.26 Å². The number of nitrogens with zero attached hydrogens (tertiary/aromatic N) is 2. The first-order valence-corrected chi connectivity index (χ1v) is 13.2. The van der Waals surface area contributed by atoms with Crippen molar-refractivity contribution in [2.45, 2.75) is 58.0 Å². The standard InChI is InChI=1S/C27H30FN5O2S/c1-15-8-22(33-7-6-27(14-29,26(33)35)20-4-5-20)12-23(31-15)25(34)30-13-18-9-19(11-21(28)10-18)24-16(2)32-17(3)36-24/h8-12,17,20,23,31-32H,4-7,13H2,1-3H3,(H,30,34). The van der Waals surface area contributed by atoms with Gasteiger partial charge in [0.25, 0.3) is 0 Å². The first-order valence-electron chi connectivity index (χ1n) is 12.3. The molecule has 0 aromatic heterocycles. The largest absolute Gasteiger partial charge is 0.376 e. The van der Waals surface area contributed by atoms with Crippen LogP contribution in [0.15, 0.2) is 47.4 Å². The Morgan fingerprint density at radius 2 is 2.08 bits per heavy atom. The van der Waals surface area contributed by atoms with Gasteiger partial charge < -0.3 is 20.9 Å². The van der Waals surface area contributed by atoms with E-state index in [1.54, 1.807) is 22.7 Å². The number of allylic oxidation sites excluding steroid dienone is 3. The van der Waals surface area contributed by atoms with E-state index in [1.807, 2.05) is 26.0 Å². The molecule has 9 heteroatoms. The summed E-state index contributed by atoms with van der Waals surface area (Å²) in [5, 5.41) is 19.4. The lowest BCUT2D eigenvalue weighted by molar-refractivity contribution is -0.132. The lowest BCUT2D eigenvalue weighted by atomic mass is 9.82. The third-order valence-electron chi connectivity index (χ3n) is 7.25. The van der Waals surface area contributed by atoms with Crippen LogP contribution in [0.4, 0.5) is 4.39 Å². The fraction of sp³-hybridized carbons (Fsp3) is 0.444. The summed E-state index contributed by atoms with van der Waals surface area (Å²) in [6, 6.07) is 6.47. The van der Waals surface area contributed by atoms with Crippen LogP contribution in [0.1, 0.15) is 51.2 Å². The van der Waals surface area contributed by atoms with Gasteiger partial charge in [0.1, 0.15) is 17.3 Å². The number of nitriles is 1. The minimum absolute atomic E-state index is 0.142. The number of hydrogen-bond donors (Lipinski definition) is 3. The van der Waals surface area contributed by atoms with Gasteiger partial charge in [0, 0.05) is 35.1 Å². The number of carbonyl (C=O) groups is 2. The molecule has 3 unspecified atom stereocenters. The summed E-state index contributed by atoms with van der Waals surface area (Å²) in [5.41, 5.74) is 2.95. The smallest absolute Gasteiger partial charge is 0.247 e. The van der Waals surface area contributed by atoms with Gasteiger partial charge in [-0.15, -0.1) is 0 Å². The highest BCUT2D eigenvalue weighted by molar-refractivity contribution is 8.09. The van der Waals surface area contributed by atoms with Crippen LogP contribution in [0.3, 0.4) is 0 Å². The minimum atomic E-state index is -0.932. The van der Waals surface area contributed by atoms with Gasteiger partial charge in [0.05, 0.1) is 11.4 Å². The number of likely N-dealkylation sites (tertiary alicyclic amines) is 1. The maximum Gasteiger partial charge on any atom is 0.247 e. The van der Waals surface area contributed by atoms with Crippen LogP contribution in [-0.4, -0.2) is 34.7 Å². The Morgan fingerprint density at radius 1 is 1.31 bits per heavy atom. The van der Waals surface area contributed by atoms with Crippen molar-refractivity contribution in [2.75, 3.05) is 6.54 Å². The Morgan fingerprint density at radius 3 is 2.75 bits per heavy atom. The molecule has 2 amide bonds. The molecule has 1 aromatic carbocycles. The lowest BCUT2D eigenvalue weighted by Crippen LogP contribution is -2.45. The second-order valence-electron chi connectivity index (χ2n) is 10.0. The van der Waals surface area contributed by atoms with Crippen molar-refractivity contribution in [3.05, 3.63) is 64.4 Å². The van der Waals surface area contributed by atoms with E-state index in [2.05, 4.69) is 28.9 Å². The van der Waals surface area contributed by atoms with E-state index >= 15 is 0 Å². The van der Waals surface area contributed by atoms with Crippen LogP contribution in [0, 0.1) is 28.5 Å². The van der Waals surface area contributed by atoms with E-state index in [9.17, 15) is 19.2 Å². The van der Waals surface area contributed by atoms with Crippen LogP contribution in [0.5, 0.6) is 0 Å². The molecule has 0 radical (unpaired) electrons. The van der Waals surface area contributed by atoms with Crippen LogP contribution in [-0.2, 0) is 16.1 Å². The van der Waals surface area contributed by atoms with Crippen molar-refractivity contribution < 1.29 is 14.0 Å². The molecule has 7 nitrogen and oxygen atoms in total. The molecule has 3 aliphatic heterocycles. The number of rotatable bonds is 6. The Hall–Kier alpha value is -3.25. The number of amides is 2. The van der Waals surface area contributed by atoms with Crippen LogP contribution >= 0.6 is 11.8 Å². The second kappa shape index (κ2) is 9.32. The summed E-state index contributed by atoms with van der Waals surface area (Å²) < 4.78 is 14.4. The minimum Gasteiger partial charge on any atom is -0.376 e.